The summed E-state index contributed by atoms with van der Waals surface area (Å²) in [5, 5.41) is 0. The van der Waals surface area contributed by atoms with Crippen molar-refractivity contribution in [2.75, 3.05) is 5.73 Å². The van der Waals surface area contributed by atoms with Gasteiger partial charge in [-0.25, -0.2) is 4.39 Å². The number of primary amides is 1. The van der Waals surface area contributed by atoms with Crippen LogP contribution in [0.2, 0.25) is 0 Å². The van der Waals surface area contributed by atoms with Crippen molar-refractivity contribution >= 4 is 27.5 Å². The summed E-state index contributed by atoms with van der Waals surface area (Å²) < 4.78 is 19.8. The molecule has 6 heteroatoms. The molecule has 2 rings (SSSR count). The fraction of sp³-hybridized carbons (Fsp3) is 0.0714. The van der Waals surface area contributed by atoms with Crippen molar-refractivity contribution in [3.63, 3.8) is 0 Å². The lowest BCUT2D eigenvalue weighted by atomic mass is 10.1. The molecule has 4 nitrogen and oxygen atoms in total. The lowest BCUT2D eigenvalue weighted by molar-refractivity contribution is 0.0996. The van der Waals surface area contributed by atoms with E-state index in [0.717, 1.165) is 0 Å². The van der Waals surface area contributed by atoms with Gasteiger partial charge in [-0.05, 0) is 24.3 Å². The molecule has 0 aliphatic carbocycles. The molecule has 0 aromatic heterocycles. The minimum atomic E-state index is -0.628. The molecule has 20 heavy (non-hydrogen) atoms. The van der Waals surface area contributed by atoms with Gasteiger partial charge in [-0.3, -0.25) is 4.79 Å². The van der Waals surface area contributed by atoms with Gasteiger partial charge in [-0.15, -0.1) is 0 Å². The van der Waals surface area contributed by atoms with E-state index in [1.54, 1.807) is 18.2 Å². The zero-order valence-corrected chi connectivity index (χ0v) is 12.0. The molecule has 0 spiro atoms. The molecule has 2 aromatic rings. The number of halogens is 2. The Morgan fingerprint density at radius 1 is 1.25 bits per heavy atom. The van der Waals surface area contributed by atoms with Crippen molar-refractivity contribution in [2.24, 2.45) is 5.73 Å². The fourth-order valence-corrected chi connectivity index (χ4v) is 1.99. The highest BCUT2D eigenvalue weighted by atomic mass is 79.9. The van der Waals surface area contributed by atoms with Gasteiger partial charge in [-0.2, -0.15) is 0 Å². The first-order valence-electron chi connectivity index (χ1n) is 5.73. The second-order valence-corrected chi connectivity index (χ2v) is 5.06. The van der Waals surface area contributed by atoms with Gasteiger partial charge in [0.15, 0.2) is 0 Å². The highest BCUT2D eigenvalue weighted by Crippen LogP contribution is 2.23. The number of nitrogens with two attached hydrogens (primary N) is 2. The highest BCUT2D eigenvalue weighted by molar-refractivity contribution is 9.10. The smallest absolute Gasteiger partial charge is 0.252 e. The first-order chi connectivity index (χ1) is 9.47. The summed E-state index contributed by atoms with van der Waals surface area (Å²) in [6.07, 6.45) is 0. The molecule has 0 saturated heterocycles. The van der Waals surface area contributed by atoms with E-state index in [0.29, 0.717) is 15.7 Å². The van der Waals surface area contributed by atoms with E-state index < -0.39 is 11.7 Å². The van der Waals surface area contributed by atoms with E-state index in [-0.39, 0.29) is 17.9 Å². The molecule has 0 unspecified atom stereocenters. The quantitative estimate of drug-likeness (QED) is 0.841. The number of nitrogen functional groups attached to an aromatic ring is 1. The second-order valence-electron chi connectivity index (χ2n) is 4.14. The lowest BCUT2D eigenvalue weighted by Crippen LogP contribution is -2.13. The molecule has 1 amide bonds. The number of rotatable bonds is 4. The van der Waals surface area contributed by atoms with Crippen LogP contribution in [0, 0.1) is 5.82 Å². The summed E-state index contributed by atoms with van der Waals surface area (Å²) in [6.45, 7) is -0.0250. The van der Waals surface area contributed by atoms with Crippen molar-refractivity contribution in [3.8, 4) is 5.75 Å². The molecule has 0 saturated carbocycles. The van der Waals surface area contributed by atoms with E-state index in [9.17, 15) is 9.18 Å². The fourth-order valence-electron chi connectivity index (χ4n) is 1.66. The Morgan fingerprint density at radius 2 is 2.00 bits per heavy atom. The first-order valence-corrected chi connectivity index (χ1v) is 6.52. The van der Waals surface area contributed by atoms with Gasteiger partial charge in [0.05, 0.1) is 5.56 Å². The molecule has 0 aliphatic heterocycles. The van der Waals surface area contributed by atoms with Crippen LogP contribution >= 0.6 is 15.9 Å². The van der Waals surface area contributed by atoms with Crippen LogP contribution in [0.25, 0.3) is 0 Å². The number of hydrogen-bond donors (Lipinski definition) is 2. The first kappa shape index (κ1) is 14.3. The molecule has 0 fully saturated rings. The van der Waals surface area contributed by atoms with Gasteiger partial charge in [0.25, 0.3) is 5.91 Å². The average Bonchev–Trinajstić information content (AvgIpc) is 2.37. The number of anilines is 1. The topological polar surface area (TPSA) is 78.3 Å². The molecule has 4 N–H and O–H groups in total. The molecular formula is C14H12BrFN2O2. The third-order valence-corrected chi connectivity index (χ3v) is 3.16. The van der Waals surface area contributed by atoms with Crippen LogP contribution in [-0.2, 0) is 6.61 Å². The lowest BCUT2D eigenvalue weighted by Gasteiger charge is -2.11. The third-order valence-electron chi connectivity index (χ3n) is 2.67. The molecule has 104 valence electrons. The average molecular weight is 339 g/mol. The van der Waals surface area contributed by atoms with Gasteiger partial charge in [0.2, 0.25) is 0 Å². The number of ether oxygens (including phenoxy) is 1. The Balaban J connectivity index is 2.22. The summed E-state index contributed by atoms with van der Waals surface area (Å²) >= 11 is 3.17. The van der Waals surface area contributed by atoms with Crippen LogP contribution in [-0.4, -0.2) is 5.91 Å². The van der Waals surface area contributed by atoms with E-state index >= 15 is 0 Å². The molecule has 0 aliphatic rings. The highest BCUT2D eigenvalue weighted by Gasteiger charge is 2.11. The zero-order chi connectivity index (χ0) is 14.7. The zero-order valence-electron chi connectivity index (χ0n) is 10.4. The van der Waals surface area contributed by atoms with E-state index in [1.807, 2.05) is 0 Å². The van der Waals surface area contributed by atoms with Crippen molar-refractivity contribution in [3.05, 3.63) is 57.8 Å². The minimum Gasteiger partial charge on any atom is -0.488 e. The van der Waals surface area contributed by atoms with Crippen LogP contribution < -0.4 is 16.2 Å². The number of benzene rings is 2. The van der Waals surface area contributed by atoms with Crippen LogP contribution in [0.3, 0.4) is 0 Å². The monoisotopic (exact) mass is 338 g/mol. The van der Waals surface area contributed by atoms with Gasteiger partial charge in [-0.1, -0.05) is 22.0 Å². The van der Waals surface area contributed by atoms with Crippen LogP contribution in [0.4, 0.5) is 10.1 Å². The summed E-state index contributed by atoms with van der Waals surface area (Å²) in [7, 11) is 0. The number of carbonyl (C=O) groups excluding carboxylic acids is 1. The Bertz CT molecular complexity index is 662. The summed E-state index contributed by atoms with van der Waals surface area (Å²) in [5.74, 6) is -0.792. The molecule has 0 radical (unpaired) electrons. The summed E-state index contributed by atoms with van der Waals surface area (Å²) in [4.78, 5) is 11.3. The van der Waals surface area contributed by atoms with Crippen molar-refractivity contribution in [2.45, 2.75) is 6.61 Å². The minimum absolute atomic E-state index is 0.0250. The SMILES string of the molecule is NC(=O)c1ccc(N)cc1OCc1ccc(Br)cc1F. The normalized spacial score (nSPS) is 10.3. The van der Waals surface area contributed by atoms with Crippen molar-refractivity contribution in [1.29, 1.82) is 0 Å². The van der Waals surface area contributed by atoms with Crippen LogP contribution in [0.1, 0.15) is 15.9 Å². The number of hydrogen-bond acceptors (Lipinski definition) is 3. The summed E-state index contributed by atoms with van der Waals surface area (Å²) in [6, 6.07) is 9.15. The van der Waals surface area contributed by atoms with Gasteiger partial charge in [0, 0.05) is 21.8 Å². The van der Waals surface area contributed by atoms with E-state index in [2.05, 4.69) is 15.9 Å². The van der Waals surface area contributed by atoms with Crippen LogP contribution in [0.5, 0.6) is 5.75 Å². The largest absolute Gasteiger partial charge is 0.488 e. The molecule has 0 bridgehead atoms. The van der Waals surface area contributed by atoms with Gasteiger partial charge >= 0.3 is 0 Å². The number of amides is 1. The Kier molecular flexibility index (Phi) is 4.24. The van der Waals surface area contributed by atoms with Gasteiger partial charge in [0.1, 0.15) is 18.2 Å². The van der Waals surface area contributed by atoms with Gasteiger partial charge < -0.3 is 16.2 Å². The standard InChI is InChI=1S/C14H12BrFN2O2/c15-9-2-1-8(12(16)5-9)7-20-13-6-10(17)3-4-11(13)14(18)19/h1-6H,7,17H2,(H2,18,19). The third kappa shape index (κ3) is 3.27. The molecule has 0 heterocycles. The van der Waals surface area contributed by atoms with Crippen LogP contribution in [0.15, 0.2) is 40.9 Å². The maximum Gasteiger partial charge on any atom is 0.252 e. The second kappa shape index (κ2) is 5.92. The Morgan fingerprint density at radius 3 is 2.65 bits per heavy atom. The molecule has 0 atom stereocenters. The Labute approximate surface area is 123 Å². The summed E-state index contributed by atoms with van der Waals surface area (Å²) in [5.41, 5.74) is 11.9. The molecule has 2 aromatic carbocycles. The molecular weight excluding hydrogens is 327 g/mol. The van der Waals surface area contributed by atoms with E-state index in [1.165, 1.54) is 18.2 Å². The Hall–Kier alpha value is -2.08. The van der Waals surface area contributed by atoms with Crippen molar-refractivity contribution in [1.82, 2.24) is 0 Å². The maximum atomic E-state index is 13.7. The predicted octanol–water partition coefficient (Wildman–Crippen LogP) is 2.85. The van der Waals surface area contributed by atoms with Crippen molar-refractivity contribution < 1.29 is 13.9 Å². The maximum absolute atomic E-state index is 13.7. The van der Waals surface area contributed by atoms with E-state index in [4.69, 9.17) is 16.2 Å². The number of carbonyl (C=O) groups is 1. The predicted molar refractivity (Wildman–Crippen MR) is 77.8 cm³/mol.